The van der Waals surface area contributed by atoms with E-state index in [1.807, 2.05) is 18.5 Å². The third kappa shape index (κ3) is 9.69. The highest BCUT2D eigenvalue weighted by atomic mass is 14.7. The van der Waals surface area contributed by atoms with Crippen LogP contribution in [-0.2, 0) is 0 Å². The molecule has 0 radical (unpaired) electrons. The Labute approximate surface area is 120 Å². The van der Waals surface area contributed by atoms with Gasteiger partial charge in [-0.1, -0.05) is 72.0 Å². The van der Waals surface area contributed by atoms with Crippen LogP contribution in [0.5, 0.6) is 0 Å². The minimum atomic E-state index is 0.657. The van der Waals surface area contributed by atoms with Gasteiger partial charge in [0, 0.05) is 12.4 Å². The maximum Gasteiger partial charge on any atom is 0.0298 e. The Hall–Kier alpha value is -0.850. The average Bonchev–Trinajstić information content (AvgIpc) is 2.43. The Balaban J connectivity index is 4.50. The molecule has 0 N–H and O–H groups in total. The van der Waals surface area contributed by atoms with E-state index < -0.39 is 0 Å². The van der Waals surface area contributed by atoms with Crippen molar-refractivity contribution in [3.05, 3.63) is 24.4 Å². The number of hydrogen-bond acceptors (Lipinski definition) is 1. The number of aliphatic imine (C=N–C) groups is 1. The molecule has 0 atom stereocenters. The molecule has 0 aliphatic carbocycles. The van der Waals surface area contributed by atoms with Crippen molar-refractivity contribution in [3.8, 4) is 0 Å². The van der Waals surface area contributed by atoms with Gasteiger partial charge in [-0.15, -0.1) is 0 Å². The van der Waals surface area contributed by atoms with Gasteiger partial charge in [0.05, 0.1) is 0 Å². The standard InChI is InChI=1S/C18H33N/c1-5-9-11-13-18(14-12-10-6-2)17(8-4)16-19-15-7-3/h8,15-16,18H,4-7,9-14H2,1-3H3/b17-16+,19-15-. The van der Waals surface area contributed by atoms with Crippen LogP contribution in [0.15, 0.2) is 29.4 Å². The van der Waals surface area contributed by atoms with Crippen LogP contribution in [0, 0.1) is 5.92 Å². The Morgan fingerprint density at radius 1 is 1.00 bits per heavy atom. The molecule has 1 heteroatoms. The summed E-state index contributed by atoms with van der Waals surface area (Å²) in [5, 5.41) is 0. The third-order valence-electron chi connectivity index (χ3n) is 3.53. The zero-order chi connectivity index (χ0) is 14.3. The summed E-state index contributed by atoms with van der Waals surface area (Å²) in [4.78, 5) is 4.38. The maximum atomic E-state index is 4.38. The van der Waals surface area contributed by atoms with E-state index in [1.54, 1.807) is 0 Å². The molecular weight excluding hydrogens is 230 g/mol. The van der Waals surface area contributed by atoms with E-state index in [0.29, 0.717) is 5.92 Å². The molecule has 19 heavy (non-hydrogen) atoms. The highest BCUT2D eigenvalue weighted by Gasteiger charge is 2.11. The minimum Gasteiger partial charge on any atom is -0.269 e. The number of unbranched alkanes of at least 4 members (excludes halogenated alkanes) is 4. The number of hydrogen-bond donors (Lipinski definition) is 0. The molecule has 0 saturated heterocycles. The molecule has 0 fully saturated rings. The number of rotatable bonds is 12. The molecule has 0 saturated carbocycles. The van der Waals surface area contributed by atoms with Gasteiger partial charge in [0.2, 0.25) is 0 Å². The summed E-state index contributed by atoms with van der Waals surface area (Å²) in [5.74, 6) is 0.657. The smallest absolute Gasteiger partial charge is 0.0298 e. The molecule has 110 valence electrons. The first-order valence-corrected chi connectivity index (χ1v) is 8.14. The van der Waals surface area contributed by atoms with Crippen molar-refractivity contribution < 1.29 is 0 Å². The summed E-state index contributed by atoms with van der Waals surface area (Å²) in [5.41, 5.74) is 1.33. The lowest BCUT2D eigenvalue weighted by Gasteiger charge is -2.17. The third-order valence-corrected chi connectivity index (χ3v) is 3.53. The first kappa shape index (κ1) is 18.1. The summed E-state index contributed by atoms with van der Waals surface area (Å²) >= 11 is 0. The molecule has 0 rings (SSSR count). The predicted molar refractivity (Wildman–Crippen MR) is 88.8 cm³/mol. The van der Waals surface area contributed by atoms with Gasteiger partial charge in [0.15, 0.2) is 0 Å². The van der Waals surface area contributed by atoms with Gasteiger partial charge < -0.3 is 0 Å². The highest BCUT2D eigenvalue weighted by Crippen LogP contribution is 2.25. The lowest BCUT2D eigenvalue weighted by molar-refractivity contribution is 0.468. The second-order valence-electron chi connectivity index (χ2n) is 5.26. The summed E-state index contributed by atoms with van der Waals surface area (Å²) in [6.07, 6.45) is 17.5. The summed E-state index contributed by atoms with van der Waals surface area (Å²) in [7, 11) is 0. The van der Waals surface area contributed by atoms with E-state index in [0.717, 1.165) is 6.42 Å². The molecule has 0 aliphatic heterocycles. The van der Waals surface area contributed by atoms with Gasteiger partial charge in [-0.2, -0.15) is 0 Å². The minimum absolute atomic E-state index is 0.657. The monoisotopic (exact) mass is 263 g/mol. The van der Waals surface area contributed by atoms with Crippen molar-refractivity contribution >= 4 is 6.21 Å². The fourth-order valence-corrected chi connectivity index (χ4v) is 2.33. The van der Waals surface area contributed by atoms with Crippen molar-refractivity contribution in [2.45, 2.75) is 78.6 Å². The summed E-state index contributed by atoms with van der Waals surface area (Å²) in [6.45, 7) is 10.6. The van der Waals surface area contributed by atoms with E-state index >= 15 is 0 Å². The van der Waals surface area contributed by atoms with Crippen molar-refractivity contribution in [2.75, 3.05) is 0 Å². The Bertz CT molecular complexity index is 253. The van der Waals surface area contributed by atoms with Crippen molar-refractivity contribution in [2.24, 2.45) is 10.9 Å². The van der Waals surface area contributed by atoms with Crippen LogP contribution in [0.25, 0.3) is 0 Å². The molecule has 0 aromatic rings. The summed E-state index contributed by atoms with van der Waals surface area (Å²) < 4.78 is 0. The quantitative estimate of drug-likeness (QED) is 0.222. The van der Waals surface area contributed by atoms with Crippen LogP contribution in [0.3, 0.4) is 0 Å². The van der Waals surface area contributed by atoms with Crippen molar-refractivity contribution in [1.29, 1.82) is 0 Å². The Kier molecular flexibility index (Phi) is 13.0. The second kappa shape index (κ2) is 13.6. The van der Waals surface area contributed by atoms with Crippen LogP contribution < -0.4 is 0 Å². The first-order chi connectivity index (χ1) is 9.29. The number of nitrogens with zero attached hydrogens (tertiary/aromatic N) is 1. The van der Waals surface area contributed by atoms with Crippen LogP contribution in [0.4, 0.5) is 0 Å². The van der Waals surface area contributed by atoms with Crippen molar-refractivity contribution in [3.63, 3.8) is 0 Å². The van der Waals surface area contributed by atoms with Crippen LogP contribution in [0.1, 0.15) is 78.6 Å². The fraction of sp³-hybridized carbons (Fsp3) is 0.722. The van der Waals surface area contributed by atoms with Crippen LogP contribution in [0.2, 0.25) is 0 Å². The molecule has 0 aromatic carbocycles. The number of allylic oxidation sites excluding steroid dienone is 2. The zero-order valence-corrected chi connectivity index (χ0v) is 13.3. The van der Waals surface area contributed by atoms with Crippen molar-refractivity contribution in [1.82, 2.24) is 0 Å². The summed E-state index contributed by atoms with van der Waals surface area (Å²) in [6, 6.07) is 0. The Morgan fingerprint density at radius 2 is 1.58 bits per heavy atom. The largest absolute Gasteiger partial charge is 0.269 e. The highest BCUT2D eigenvalue weighted by molar-refractivity contribution is 5.57. The second-order valence-corrected chi connectivity index (χ2v) is 5.26. The normalized spacial score (nSPS) is 12.5. The van der Waals surface area contributed by atoms with Gasteiger partial charge in [0.25, 0.3) is 0 Å². The topological polar surface area (TPSA) is 12.4 Å². The van der Waals surface area contributed by atoms with E-state index in [2.05, 4.69) is 32.3 Å². The zero-order valence-electron chi connectivity index (χ0n) is 13.3. The molecule has 0 bridgehead atoms. The molecular formula is C18H33N. The van der Waals surface area contributed by atoms with Crippen LogP contribution in [-0.4, -0.2) is 6.21 Å². The lowest BCUT2D eigenvalue weighted by Crippen LogP contribution is -2.03. The average molecular weight is 263 g/mol. The van der Waals surface area contributed by atoms with E-state index in [-0.39, 0.29) is 0 Å². The molecule has 0 amide bonds. The first-order valence-electron chi connectivity index (χ1n) is 8.14. The van der Waals surface area contributed by atoms with Gasteiger partial charge in [0.1, 0.15) is 0 Å². The van der Waals surface area contributed by atoms with Gasteiger partial charge in [-0.3, -0.25) is 4.99 Å². The molecule has 0 heterocycles. The maximum absolute atomic E-state index is 4.38. The van der Waals surface area contributed by atoms with E-state index in [4.69, 9.17) is 0 Å². The lowest BCUT2D eigenvalue weighted by atomic mass is 9.88. The van der Waals surface area contributed by atoms with Crippen LogP contribution >= 0.6 is 0 Å². The Morgan fingerprint density at radius 3 is 2.00 bits per heavy atom. The predicted octanol–water partition coefficient (Wildman–Crippen LogP) is 6.31. The van der Waals surface area contributed by atoms with Gasteiger partial charge in [-0.25, -0.2) is 0 Å². The molecule has 1 nitrogen and oxygen atoms in total. The van der Waals surface area contributed by atoms with E-state index in [9.17, 15) is 0 Å². The van der Waals surface area contributed by atoms with Gasteiger partial charge >= 0.3 is 0 Å². The molecule has 0 aromatic heterocycles. The molecule has 0 aliphatic rings. The van der Waals surface area contributed by atoms with Gasteiger partial charge in [-0.05, 0) is 30.8 Å². The van der Waals surface area contributed by atoms with E-state index in [1.165, 1.54) is 56.9 Å². The molecule has 0 unspecified atom stereocenters. The molecule has 0 spiro atoms. The SMILES string of the molecule is C=C/C(=C\N=C/CC)C(CCCCC)CCCCC. The fourth-order valence-electron chi connectivity index (χ4n) is 2.33.